The lowest BCUT2D eigenvalue weighted by Gasteiger charge is -2.23. The zero-order valence-corrected chi connectivity index (χ0v) is 64.1. The fourth-order valence-electron chi connectivity index (χ4n) is 20.1. The van der Waals surface area contributed by atoms with Crippen LogP contribution < -0.4 is 0 Å². The van der Waals surface area contributed by atoms with Crippen LogP contribution in [0.15, 0.2) is 400 Å². The summed E-state index contributed by atoms with van der Waals surface area (Å²) in [5.41, 5.74) is 31.0. The van der Waals surface area contributed by atoms with Crippen molar-refractivity contribution in [1.82, 2.24) is 0 Å². The Kier molecular flexibility index (Phi) is 15.4. The first-order valence-electron chi connectivity index (χ1n) is 40.1. The molecule has 0 N–H and O–H groups in total. The third-order valence-electron chi connectivity index (χ3n) is 25.5. The highest BCUT2D eigenvalue weighted by molar-refractivity contribution is 6.25. The Bertz CT molecular complexity index is 7440. The molecule has 0 heteroatoms. The van der Waals surface area contributed by atoms with Crippen molar-refractivity contribution in [1.29, 1.82) is 0 Å². The second-order valence-electron chi connectivity index (χ2n) is 32.4. The highest BCUT2D eigenvalue weighted by Crippen LogP contribution is 2.56. The number of fused-ring (bicyclic) bond motifs is 18. The van der Waals surface area contributed by atoms with Crippen molar-refractivity contribution in [2.45, 2.75) is 38.5 Å². The Balaban J connectivity index is 0.000000139. The molecule has 0 spiro atoms. The molecule has 0 fully saturated rings. The Morgan fingerprint density at radius 1 is 0.140 bits per heavy atom. The van der Waals surface area contributed by atoms with Gasteiger partial charge >= 0.3 is 0 Å². The summed E-state index contributed by atoms with van der Waals surface area (Å²) in [6.07, 6.45) is 0. The van der Waals surface area contributed by atoms with Gasteiger partial charge < -0.3 is 0 Å². The first-order chi connectivity index (χ1) is 56.1. The van der Waals surface area contributed by atoms with Crippen LogP contribution in [0.4, 0.5) is 0 Å². The molecule has 0 nitrogen and oxygen atoms in total. The third kappa shape index (κ3) is 10.6. The lowest BCUT2D eigenvalue weighted by atomic mass is 9.80. The SMILES string of the molecule is CC1(C)c2ccc(-c3ccc(-c4c5ccccc5c(-c5ccc(-c6ccc7ccccc7c6)cc5)c5ccccc45)cc3)cc2-c2ccc3ccccc3c21.CC1(C)c2ccc(-c3ccc(-c4c5ccccc5c(-c5ccccc5-c5cc6ccccc6c6ccccc56)c5ccccc45)cc3)cc2-c2ccc3ccccc3c21. The summed E-state index contributed by atoms with van der Waals surface area (Å²) < 4.78 is 0. The van der Waals surface area contributed by atoms with Crippen LogP contribution in [0, 0.1) is 0 Å². The maximum Gasteiger partial charge on any atom is 0.0165 e. The minimum Gasteiger partial charge on any atom is -0.0616 e. The molecule has 21 aromatic rings. The molecular formula is C114H78. The second-order valence-corrected chi connectivity index (χ2v) is 32.4. The van der Waals surface area contributed by atoms with Crippen LogP contribution in [0.1, 0.15) is 49.9 Å². The van der Waals surface area contributed by atoms with E-state index in [0.29, 0.717) is 0 Å². The van der Waals surface area contributed by atoms with Crippen LogP contribution >= 0.6 is 0 Å². The van der Waals surface area contributed by atoms with Crippen molar-refractivity contribution >= 4 is 97.0 Å². The van der Waals surface area contributed by atoms with Gasteiger partial charge in [0.15, 0.2) is 0 Å². The maximum absolute atomic E-state index is 2.42. The summed E-state index contributed by atoms with van der Waals surface area (Å²) in [5, 5.41) is 23.1. The number of rotatable bonds is 8. The topological polar surface area (TPSA) is 0 Å². The molecule has 0 saturated heterocycles. The Morgan fingerprint density at radius 3 is 0.860 bits per heavy atom. The molecule has 0 amide bonds. The minimum atomic E-state index is -0.0635. The van der Waals surface area contributed by atoms with Crippen LogP contribution in [0.5, 0.6) is 0 Å². The normalized spacial score (nSPS) is 13.1. The molecule has 2 aliphatic carbocycles. The monoisotopic (exact) mass is 1450 g/mol. The Hall–Kier alpha value is -14.0. The molecule has 114 heavy (non-hydrogen) atoms. The number of hydrogen-bond donors (Lipinski definition) is 0. The lowest BCUT2D eigenvalue weighted by molar-refractivity contribution is 0.666. The van der Waals surface area contributed by atoms with Crippen LogP contribution in [0.3, 0.4) is 0 Å². The number of hydrogen-bond acceptors (Lipinski definition) is 0. The van der Waals surface area contributed by atoms with Gasteiger partial charge in [-0.1, -0.05) is 404 Å². The predicted molar refractivity (Wildman–Crippen MR) is 489 cm³/mol. The van der Waals surface area contributed by atoms with Gasteiger partial charge in [-0.15, -0.1) is 0 Å². The third-order valence-corrected chi connectivity index (χ3v) is 25.5. The molecular weight excluding hydrogens is 1370 g/mol. The highest BCUT2D eigenvalue weighted by Gasteiger charge is 2.39. The highest BCUT2D eigenvalue weighted by atomic mass is 14.4. The molecule has 0 aromatic heterocycles. The molecule has 2 aliphatic rings. The van der Waals surface area contributed by atoms with Crippen molar-refractivity contribution in [2.24, 2.45) is 0 Å². The predicted octanol–water partition coefficient (Wildman–Crippen LogP) is 31.7. The fourth-order valence-corrected chi connectivity index (χ4v) is 20.1. The quantitative estimate of drug-likeness (QED) is 0.105. The summed E-state index contributed by atoms with van der Waals surface area (Å²) in [6, 6.07) is 149. The van der Waals surface area contributed by atoms with Gasteiger partial charge in [-0.05, 0) is 255 Å². The summed E-state index contributed by atoms with van der Waals surface area (Å²) in [7, 11) is 0. The van der Waals surface area contributed by atoms with Gasteiger partial charge in [-0.3, -0.25) is 0 Å². The Morgan fingerprint density at radius 2 is 0.430 bits per heavy atom. The largest absolute Gasteiger partial charge is 0.0616 e. The zero-order valence-electron chi connectivity index (χ0n) is 64.1. The number of benzene rings is 21. The van der Waals surface area contributed by atoms with Gasteiger partial charge in [0, 0.05) is 10.8 Å². The summed E-state index contributed by atoms with van der Waals surface area (Å²) >= 11 is 0. The average Bonchev–Trinajstić information content (AvgIpc) is 0.798. The van der Waals surface area contributed by atoms with Gasteiger partial charge in [0.05, 0.1) is 0 Å². The van der Waals surface area contributed by atoms with Crippen molar-refractivity contribution in [2.75, 3.05) is 0 Å². The van der Waals surface area contributed by atoms with E-state index < -0.39 is 0 Å². The fraction of sp³-hybridized carbons (Fsp3) is 0.0526. The van der Waals surface area contributed by atoms with Crippen LogP contribution in [0.25, 0.3) is 208 Å². The van der Waals surface area contributed by atoms with Gasteiger partial charge in [0.2, 0.25) is 0 Å². The van der Waals surface area contributed by atoms with E-state index in [2.05, 4.69) is 428 Å². The molecule has 534 valence electrons. The van der Waals surface area contributed by atoms with Gasteiger partial charge in [0.25, 0.3) is 0 Å². The lowest BCUT2D eigenvalue weighted by Crippen LogP contribution is -2.15. The summed E-state index contributed by atoms with van der Waals surface area (Å²) in [4.78, 5) is 0. The van der Waals surface area contributed by atoms with E-state index in [4.69, 9.17) is 0 Å². The van der Waals surface area contributed by atoms with E-state index in [-0.39, 0.29) is 10.8 Å². The van der Waals surface area contributed by atoms with E-state index in [1.54, 1.807) is 0 Å². The summed E-state index contributed by atoms with van der Waals surface area (Å²) in [6.45, 7) is 9.50. The van der Waals surface area contributed by atoms with E-state index in [0.717, 1.165) is 0 Å². The maximum atomic E-state index is 2.42. The average molecular weight is 1450 g/mol. The van der Waals surface area contributed by atoms with Crippen molar-refractivity contribution in [3.05, 3.63) is 423 Å². The summed E-state index contributed by atoms with van der Waals surface area (Å²) in [5.74, 6) is 0. The first kappa shape index (κ1) is 66.9. The van der Waals surface area contributed by atoms with Gasteiger partial charge in [0.1, 0.15) is 0 Å². The Labute approximate surface area is 664 Å². The zero-order chi connectivity index (χ0) is 75.9. The molecule has 23 rings (SSSR count). The van der Waals surface area contributed by atoms with E-state index in [1.165, 1.54) is 230 Å². The van der Waals surface area contributed by atoms with Crippen LogP contribution in [-0.2, 0) is 10.8 Å². The smallest absolute Gasteiger partial charge is 0.0165 e. The van der Waals surface area contributed by atoms with Crippen LogP contribution in [0.2, 0.25) is 0 Å². The minimum absolute atomic E-state index is 0.0541. The molecule has 0 saturated carbocycles. The van der Waals surface area contributed by atoms with Crippen LogP contribution in [-0.4, -0.2) is 0 Å². The van der Waals surface area contributed by atoms with Crippen molar-refractivity contribution in [3.8, 4) is 111 Å². The van der Waals surface area contributed by atoms with Gasteiger partial charge in [-0.2, -0.15) is 0 Å². The standard InChI is InChI=1S/C59H40.C55H38/c1-59(2)55-34-32-40(35-54(55)52-33-31-38-15-3-6-18-43(38)58(52)59)37-27-29-39(30-28-37)56-48-23-11-13-25-50(48)57(51-26-14-12-24-49(51)56)47-22-10-9-21-46(47)53-36-41-16-4-5-17-42(41)44-19-7-8-20-45(44)53;1-55(2)51-32-30-43(34-50(51)49-31-29-38-12-5-6-14-44(38)54(49)55)37-21-26-40(27-22-37)53-47-17-9-7-15-45(47)52(46-16-8-10-18-48(46)53)39-24-19-36(20-25-39)42-28-23-35-11-3-4-13-41(35)33-42/h3-36H,1-2H3;3-34H,1-2H3. The molecule has 0 bridgehead atoms. The van der Waals surface area contributed by atoms with Gasteiger partial charge in [-0.25, -0.2) is 0 Å². The second kappa shape index (κ2) is 26.3. The molecule has 0 unspecified atom stereocenters. The van der Waals surface area contributed by atoms with E-state index >= 15 is 0 Å². The first-order valence-corrected chi connectivity index (χ1v) is 40.1. The van der Waals surface area contributed by atoms with E-state index in [1.807, 2.05) is 0 Å². The van der Waals surface area contributed by atoms with E-state index in [9.17, 15) is 0 Å². The molecule has 0 heterocycles. The molecule has 21 aromatic carbocycles. The van der Waals surface area contributed by atoms with Crippen molar-refractivity contribution < 1.29 is 0 Å². The molecule has 0 radical (unpaired) electrons. The molecule has 0 atom stereocenters. The molecule has 0 aliphatic heterocycles. The van der Waals surface area contributed by atoms with Crippen molar-refractivity contribution in [3.63, 3.8) is 0 Å².